The summed E-state index contributed by atoms with van der Waals surface area (Å²) in [7, 11) is 0. The van der Waals surface area contributed by atoms with Crippen LogP contribution in [0.25, 0.3) is 55.4 Å². The van der Waals surface area contributed by atoms with Gasteiger partial charge in [0.25, 0.3) is 0 Å². The van der Waals surface area contributed by atoms with E-state index >= 15 is 0 Å². The van der Waals surface area contributed by atoms with Crippen molar-refractivity contribution >= 4 is 21.8 Å². The molecule has 4 aromatic carbocycles. The van der Waals surface area contributed by atoms with Crippen LogP contribution in [0.5, 0.6) is 0 Å². The van der Waals surface area contributed by atoms with E-state index in [4.69, 9.17) is 0 Å². The van der Waals surface area contributed by atoms with Crippen molar-refractivity contribution in [2.75, 3.05) is 0 Å². The molecule has 0 saturated carbocycles. The first-order chi connectivity index (χ1) is 15.3. The maximum Gasteiger partial charge on any atom is 0.0474 e. The summed E-state index contributed by atoms with van der Waals surface area (Å²) in [6, 6.07) is 34.9. The lowest BCUT2D eigenvalue weighted by atomic mass is 9.92. The Morgan fingerprint density at radius 1 is 0.516 bits per heavy atom. The van der Waals surface area contributed by atoms with Crippen LogP contribution in [0.1, 0.15) is 11.1 Å². The van der Waals surface area contributed by atoms with Gasteiger partial charge >= 0.3 is 0 Å². The smallest absolute Gasteiger partial charge is 0.0474 e. The van der Waals surface area contributed by atoms with Gasteiger partial charge in [-0.1, -0.05) is 72.8 Å². The fourth-order valence-electron chi connectivity index (χ4n) is 5.17. The van der Waals surface area contributed by atoms with Gasteiger partial charge < -0.3 is 9.97 Å². The Labute approximate surface area is 180 Å². The minimum atomic E-state index is 0.963. The monoisotopic (exact) mass is 396 g/mol. The molecule has 0 amide bonds. The highest BCUT2D eigenvalue weighted by Gasteiger charge is 2.25. The maximum absolute atomic E-state index is 3.70. The van der Waals surface area contributed by atoms with Gasteiger partial charge in [0.05, 0.1) is 0 Å². The van der Waals surface area contributed by atoms with Crippen molar-refractivity contribution in [1.29, 1.82) is 0 Å². The van der Waals surface area contributed by atoms with Gasteiger partial charge in [-0.3, -0.25) is 0 Å². The molecule has 2 N–H and O–H groups in total. The van der Waals surface area contributed by atoms with Crippen molar-refractivity contribution in [3.8, 4) is 33.6 Å². The molecule has 0 saturated heterocycles. The Hall–Kier alpha value is -4.04. The molecule has 146 valence electrons. The number of hydrogen-bond donors (Lipinski definition) is 2. The molecule has 0 fully saturated rings. The minimum absolute atomic E-state index is 0.963. The summed E-state index contributed by atoms with van der Waals surface area (Å²) in [6.07, 6.45) is 0.963. The number of H-pyrrole nitrogens is 2. The summed E-state index contributed by atoms with van der Waals surface area (Å²) in [5.74, 6) is 0. The second-order valence-electron chi connectivity index (χ2n) is 8.39. The second kappa shape index (κ2) is 6.23. The van der Waals surface area contributed by atoms with Crippen LogP contribution in [0, 0.1) is 0 Å². The molecule has 2 heteroatoms. The van der Waals surface area contributed by atoms with Crippen molar-refractivity contribution in [2.45, 2.75) is 6.42 Å². The minimum Gasteiger partial charge on any atom is -0.355 e. The van der Waals surface area contributed by atoms with E-state index < -0.39 is 0 Å². The van der Waals surface area contributed by atoms with Crippen LogP contribution in [0.4, 0.5) is 0 Å². The zero-order valence-electron chi connectivity index (χ0n) is 16.9. The van der Waals surface area contributed by atoms with Crippen molar-refractivity contribution in [3.05, 3.63) is 108 Å². The first kappa shape index (κ1) is 16.7. The molecule has 1 aliphatic rings. The molecule has 0 aliphatic heterocycles. The molecule has 6 aromatic rings. The van der Waals surface area contributed by atoms with Crippen LogP contribution in [-0.4, -0.2) is 9.97 Å². The van der Waals surface area contributed by atoms with E-state index in [1.807, 2.05) is 0 Å². The number of nitrogens with one attached hydrogen (secondary N) is 2. The van der Waals surface area contributed by atoms with Crippen molar-refractivity contribution in [2.24, 2.45) is 0 Å². The van der Waals surface area contributed by atoms with Gasteiger partial charge in [-0.15, -0.1) is 0 Å². The van der Waals surface area contributed by atoms with Crippen molar-refractivity contribution in [1.82, 2.24) is 9.97 Å². The molecule has 0 spiro atoms. The quantitative estimate of drug-likeness (QED) is 0.302. The first-order valence-corrected chi connectivity index (χ1v) is 10.8. The normalized spacial score (nSPS) is 12.4. The summed E-state index contributed by atoms with van der Waals surface area (Å²) >= 11 is 0. The average Bonchev–Trinajstić information content (AvgIpc) is 3.52. The highest BCUT2D eigenvalue weighted by Crippen LogP contribution is 2.46. The number of para-hydroxylation sites is 2. The zero-order chi connectivity index (χ0) is 20.4. The molecule has 0 radical (unpaired) electrons. The van der Waals surface area contributed by atoms with Gasteiger partial charge in [0, 0.05) is 44.3 Å². The van der Waals surface area contributed by atoms with Crippen LogP contribution in [0.2, 0.25) is 0 Å². The molecular formula is C29H20N2. The van der Waals surface area contributed by atoms with Crippen LogP contribution >= 0.6 is 0 Å². The molecule has 2 heterocycles. The highest BCUT2D eigenvalue weighted by atomic mass is 14.7. The Morgan fingerprint density at radius 3 is 1.90 bits per heavy atom. The van der Waals surface area contributed by atoms with E-state index in [2.05, 4.69) is 107 Å². The molecule has 2 aromatic heterocycles. The Balaban J connectivity index is 1.54. The molecular weight excluding hydrogens is 376 g/mol. The molecule has 0 unspecified atom stereocenters. The van der Waals surface area contributed by atoms with Gasteiger partial charge in [-0.2, -0.15) is 0 Å². The maximum atomic E-state index is 3.70. The topological polar surface area (TPSA) is 31.6 Å². The van der Waals surface area contributed by atoms with E-state index in [9.17, 15) is 0 Å². The largest absolute Gasteiger partial charge is 0.355 e. The highest BCUT2D eigenvalue weighted by molar-refractivity contribution is 5.97. The summed E-state index contributed by atoms with van der Waals surface area (Å²) < 4.78 is 0. The molecule has 0 bridgehead atoms. The number of fused-ring (bicyclic) bond motifs is 5. The summed E-state index contributed by atoms with van der Waals surface area (Å²) in [5.41, 5.74) is 12.8. The van der Waals surface area contributed by atoms with Gasteiger partial charge in [-0.05, 0) is 52.9 Å². The van der Waals surface area contributed by atoms with Gasteiger partial charge in [0.2, 0.25) is 0 Å². The Morgan fingerprint density at radius 2 is 1.13 bits per heavy atom. The molecule has 1 aliphatic carbocycles. The first-order valence-electron chi connectivity index (χ1n) is 10.8. The van der Waals surface area contributed by atoms with Gasteiger partial charge in [0.15, 0.2) is 0 Å². The third kappa shape index (κ3) is 2.45. The van der Waals surface area contributed by atoms with E-state index in [0.29, 0.717) is 0 Å². The van der Waals surface area contributed by atoms with E-state index in [0.717, 1.165) is 12.1 Å². The standard InChI is InChI=1S/C29H20N2/c1-4-10-21-18(7-1)15-24-22(21)13-14-23(27-16-19-8-2-5-11-25(19)30-27)29(24)28-17-20-9-3-6-12-26(20)31-28/h1-14,16-17,30-31H,15H2. The van der Waals surface area contributed by atoms with Crippen LogP contribution in [0.15, 0.2) is 97.1 Å². The van der Waals surface area contributed by atoms with Crippen LogP contribution < -0.4 is 0 Å². The van der Waals surface area contributed by atoms with Crippen molar-refractivity contribution in [3.63, 3.8) is 0 Å². The summed E-state index contributed by atoms with van der Waals surface area (Å²) in [4.78, 5) is 7.35. The van der Waals surface area contributed by atoms with Crippen molar-refractivity contribution < 1.29 is 0 Å². The fourth-order valence-corrected chi connectivity index (χ4v) is 5.17. The van der Waals surface area contributed by atoms with Gasteiger partial charge in [-0.25, -0.2) is 0 Å². The third-order valence-electron chi connectivity index (χ3n) is 6.61. The summed E-state index contributed by atoms with van der Waals surface area (Å²) in [5, 5.41) is 2.48. The molecule has 2 nitrogen and oxygen atoms in total. The van der Waals surface area contributed by atoms with E-state index in [1.165, 1.54) is 60.9 Å². The number of aromatic amines is 2. The fraction of sp³-hybridized carbons (Fsp3) is 0.0345. The molecule has 31 heavy (non-hydrogen) atoms. The van der Waals surface area contributed by atoms with Gasteiger partial charge in [0.1, 0.15) is 0 Å². The zero-order valence-corrected chi connectivity index (χ0v) is 16.9. The lowest BCUT2D eigenvalue weighted by Crippen LogP contribution is -1.93. The average molecular weight is 396 g/mol. The number of aromatic nitrogens is 2. The SMILES string of the molecule is c1ccc2c(c1)Cc1c-2ccc(-c2cc3ccccc3[nH]2)c1-c1cc2ccccc2[nH]1. The van der Waals surface area contributed by atoms with Crippen LogP contribution in [-0.2, 0) is 6.42 Å². The lowest BCUT2D eigenvalue weighted by molar-refractivity contribution is 1.25. The number of rotatable bonds is 2. The molecule has 7 rings (SSSR count). The van der Waals surface area contributed by atoms with E-state index in [1.54, 1.807) is 0 Å². The second-order valence-corrected chi connectivity index (χ2v) is 8.39. The Bertz CT molecular complexity index is 1550. The number of benzene rings is 4. The Kier molecular flexibility index (Phi) is 3.36. The van der Waals surface area contributed by atoms with E-state index in [-0.39, 0.29) is 0 Å². The molecule has 0 atom stereocenters. The third-order valence-corrected chi connectivity index (χ3v) is 6.61. The van der Waals surface area contributed by atoms with Crippen LogP contribution in [0.3, 0.4) is 0 Å². The predicted molar refractivity (Wildman–Crippen MR) is 129 cm³/mol. The lowest BCUT2D eigenvalue weighted by Gasteiger charge is -2.13. The number of hydrogen-bond acceptors (Lipinski definition) is 0. The predicted octanol–water partition coefficient (Wildman–Crippen LogP) is 7.55. The summed E-state index contributed by atoms with van der Waals surface area (Å²) in [6.45, 7) is 0.